The van der Waals surface area contributed by atoms with Gasteiger partial charge in [0.1, 0.15) is 0 Å². The molecule has 0 bridgehead atoms. The number of hydrogen-bond acceptors (Lipinski definition) is 2. The van der Waals surface area contributed by atoms with Crippen molar-refractivity contribution in [2.45, 2.75) is 8.02 Å². The molecule has 0 heterocycles. The first-order chi connectivity index (χ1) is 5.79. The van der Waals surface area contributed by atoms with Gasteiger partial charge in [-0.2, -0.15) is 0 Å². The smallest absolute Gasteiger partial charge is 0.143 e. The van der Waals surface area contributed by atoms with E-state index < -0.39 is 3.12 Å². The fourth-order valence-electron chi connectivity index (χ4n) is 0.441. The Labute approximate surface area is 112 Å². The van der Waals surface area contributed by atoms with Gasteiger partial charge in [0.2, 0.25) is 3.12 Å². The van der Waals surface area contributed by atoms with Gasteiger partial charge in [0.25, 0.3) is 0 Å². The molecule has 74 valence electrons. The fourth-order valence-corrected chi connectivity index (χ4v) is 0.854. The average Bonchev–Trinajstić information content (AvgIpc) is 1.92. The molecule has 0 nitrogen and oxygen atoms in total. The monoisotopic (exact) mass is 338 g/mol. The molecule has 1 aromatic rings. The van der Waals surface area contributed by atoms with E-state index in [1.54, 1.807) is 0 Å². The highest BCUT2D eigenvalue weighted by molar-refractivity contribution is 9.10. The molecule has 0 N–H and O–H groups in total. The third kappa shape index (κ3) is 13.3. The van der Waals surface area contributed by atoms with Crippen molar-refractivity contribution >= 4 is 76.0 Å². The van der Waals surface area contributed by atoms with E-state index in [-0.39, 0.29) is 0 Å². The molecule has 1 aromatic carbocycles. The Morgan fingerprint density at radius 2 is 1.38 bits per heavy atom. The zero-order chi connectivity index (χ0) is 10.5. The molecule has 0 aliphatic rings. The predicted molar refractivity (Wildman–Crippen MR) is 70.7 cm³/mol. The zero-order valence-electron chi connectivity index (χ0n) is 6.22. The van der Waals surface area contributed by atoms with Gasteiger partial charge in [-0.3, -0.25) is 0 Å². The molecule has 1 rings (SSSR count). The molecular formula is C7H6BrCl3S2. The summed E-state index contributed by atoms with van der Waals surface area (Å²) in [6, 6.07) is 7.80. The van der Waals surface area contributed by atoms with Crippen molar-refractivity contribution in [3.8, 4) is 0 Å². The van der Waals surface area contributed by atoms with Crippen LogP contribution < -0.4 is 0 Å². The summed E-state index contributed by atoms with van der Waals surface area (Å²) in [4.78, 5) is 0.994. The van der Waals surface area contributed by atoms with E-state index in [0.717, 1.165) is 9.37 Å². The highest BCUT2D eigenvalue weighted by Gasteiger charge is 2.08. The average molecular weight is 341 g/mol. The molecule has 0 amide bonds. The number of hydrogen-bond donors (Lipinski definition) is 2. The molecule has 0 aromatic heterocycles. The van der Waals surface area contributed by atoms with Crippen LogP contribution in [0.1, 0.15) is 0 Å². The number of thiol groups is 2. The van der Waals surface area contributed by atoms with Crippen molar-refractivity contribution in [2.24, 2.45) is 0 Å². The maximum atomic E-state index is 4.93. The third-order valence-corrected chi connectivity index (χ3v) is 1.65. The third-order valence-electron chi connectivity index (χ3n) is 0.827. The molecule has 0 fully saturated rings. The Bertz CT molecular complexity index is 218. The van der Waals surface area contributed by atoms with Crippen molar-refractivity contribution in [1.82, 2.24) is 0 Å². The van der Waals surface area contributed by atoms with E-state index in [1.807, 2.05) is 24.3 Å². The highest BCUT2D eigenvalue weighted by Crippen LogP contribution is 2.29. The lowest BCUT2D eigenvalue weighted by Gasteiger charge is -1.93. The van der Waals surface area contributed by atoms with Crippen molar-refractivity contribution in [3.63, 3.8) is 0 Å². The molecule has 6 heteroatoms. The molecule has 0 saturated carbocycles. The van der Waals surface area contributed by atoms with Crippen LogP contribution in [0.25, 0.3) is 0 Å². The van der Waals surface area contributed by atoms with Crippen LogP contribution in [0.15, 0.2) is 33.6 Å². The molecule has 13 heavy (non-hydrogen) atoms. The van der Waals surface area contributed by atoms with E-state index in [1.165, 1.54) is 0 Å². The predicted octanol–water partition coefficient (Wildman–Crippen LogP) is 4.98. The molecule has 0 radical (unpaired) electrons. The van der Waals surface area contributed by atoms with Gasteiger partial charge in [0, 0.05) is 9.37 Å². The van der Waals surface area contributed by atoms with Gasteiger partial charge in [0.15, 0.2) is 0 Å². The first-order valence-electron chi connectivity index (χ1n) is 3.02. The Morgan fingerprint density at radius 3 is 1.62 bits per heavy atom. The summed E-state index contributed by atoms with van der Waals surface area (Å²) >= 11 is 25.6. The van der Waals surface area contributed by atoms with Crippen molar-refractivity contribution in [3.05, 3.63) is 28.7 Å². The topological polar surface area (TPSA) is 0 Å². The van der Waals surface area contributed by atoms with Crippen molar-refractivity contribution in [1.29, 1.82) is 0 Å². The van der Waals surface area contributed by atoms with Gasteiger partial charge in [0.05, 0.1) is 0 Å². The Hall–Kier alpha value is 1.27. The van der Waals surface area contributed by atoms with Crippen LogP contribution in [-0.2, 0) is 0 Å². The Morgan fingerprint density at radius 1 is 1.08 bits per heavy atom. The van der Waals surface area contributed by atoms with Crippen LogP contribution in [0.5, 0.6) is 0 Å². The zero-order valence-corrected chi connectivity index (χ0v) is 11.9. The summed E-state index contributed by atoms with van der Waals surface area (Å²) in [6.45, 7) is 0. The summed E-state index contributed by atoms with van der Waals surface area (Å²) in [5, 5.41) is 0. The molecule has 0 atom stereocenters. The van der Waals surface area contributed by atoms with Crippen molar-refractivity contribution < 1.29 is 0 Å². The summed E-state index contributed by atoms with van der Waals surface area (Å²) in [6.07, 6.45) is 0. The van der Waals surface area contributed by atoms with E-state index in [9.17, 15) is 0 Å². The fraction of sp³-hybridized carbons (Fsp3) is 0.143. The lowest BCUT2D eigenvalue weighted by Crippen LogP contribution is -1.81. The first-order valence-corrected chi connectivity index (χ1v) is 5.85. The van der Waals surface area contributed by atoms with Gasteiger partial charge in [-0.1, -0.05) is 50.7 Å². The normalized spacial score (nSPS) is 10.3. The summed E-state index contributed by atoms with van der Waals surface area (Å²) < 4.78 is -0.296. The first kappa shape index (κ1) is 14.3. The van der Waals surface area contributed by atoms with Crippen LogP contribution in [0, 0.1) is 0 Å². The molecule has 0 spiro atoms. The largest absolute Gasteiger partial charge is 0.234 e. The van der Waals surface area contributed by atoms with Gasteiger partial charge >= 0.3 is 0 Å². The number of halogens is 4. The SMILES string of the molecule is SC(Cl)(Cl)Cl.Sc1ccc(Br)cc1. The van der Waals surface area contributed by atoms with Crippen LogP contribution in [0.2, 0.25) is 0 Å². The molecule has 0 saturated heterocycles. The number of benzene rings is 1. The molecule has 0 aliphatic heterocycles. The number of alkyl halides is 3. The maximum absolute atomic E-state index is 4.93. The van der Waals surface area contributed by atoms with E-state index >= 15 is 0 Å². The lowest BCUT2D eigenvalue weighted by molar-refractivity contribution is 1.46. The van der Waals surface area contributed by atoms with E-state index in [4.69, 9.17) is 34.8 Å². The minimum atomic E-state index is -1.39. The minimum Gasteiger partial charge on any atom is -0.143 e. The van der Waals surface area contributed by atoms with Crippen molar-refractivity contribution in [2.75, 3.05) is 0 Å². The summed E-state index contributed by atoms with van der Waals surface area (Å²) in [7, 11) is 0. The van der Waals surface area contributed by atoms with Gasteiger partial charge in [-0.15, -0.1) is 25.3 Å². The molecule has 0 aliphatic carbocycles. The maximum Gasteiger partial charge on any atom is 0.234 e. The van der Waals surface area contributed by atoms with Crippen LogP contribution in [-0.4, -0.2) is 3.12 Å². The second kappa shape index (κ2) is 6.70. The number of rotatable bonds is 0. The quantitative estimate of drug-likeness (QED) is 0.483. The Balaban J connectivity index is 0.000000252. The van der Waals surface area contributed by atoms with E-state index in [2.05, 4.69) is 41.2 Å². The van der Waals surface area contributed by atoms with Crippen LogP contribution >= 0.6 is 76.0 Å². The summed E-state index contributed by atoms with van der Waals surface area (Å²) in [5.41, 5.74) is 0. The summed E-state index contributed by atoms with van der Waals surface area (Å²) in [5.74, 6) is 0. The van der Waals surface area contributed by atoms with Gasteiger partial charge < -0.3 is 0 Å². The Kier molecular flexibility index (Phi) is 7.35. The van der Waals surface area contributed by atoms with Gasteiger partial charge in [-0.05, 0) is 24.3 Å². The van der Waals surface area contributed by atoms with Crippen LogP contribution in [0.3, 0.4) is 0 Å². The minimum absolute atomic E-state index is 0.994. The van der Waals surface area contributed by atoms with Gasteiger partial charge in [-0.25, -0.2) is 0 Å². The van der Waals surface area contributed by atoms with E-state index in [0.29, 0.717) is 0 Å². The molecular weight excluding hydrogens is 334 g/mol. The second-order valence-electron chi connectivity index (χ2n) is 1.94. The molecule has 0 unspecified atom stereocenters. The standard InChI is InChI=1S/C6H5BrS.CHCl3S/c7-5-1-3-6(8)4-2-5;2-1(3,4)5/h1-4,8H;5H. The van der Waals surface area contributed by atoms with Crippen LogP contribution in [0.4, 0.5) is 0 Å². The lowest BCUT2D eigenvalue weighted by atomic mass is 10.4. The highest BCUT2D eigenvalue weighted by atomic mass is 79.9. The second-order valence-corrected chi connectivity index (χ2v) is 7.12.